The largest absolute Gasteiger partial charge is 0.445 e. The molecule has 0 heterocycles. The van der Waals surface area contributed by atoms with Crippen molar-refractivity contribution in [1.82, 2.24) is 0 Å². The van der Waals surface area contributed by atoms with Crippen LogP contribution in [-0.2, 0) is 9.53 Å². The Balaban J connectivity index is 1.66. The van der Waals surface area contributed by atoms with Crippen LogP contribution in [0.2, 0.25) is 0 Å². The van der Waals surface area contributed by atoms with Crippen LogP contribution in [0, 0.1) is 41.4 Å². The Hall–Kier alpha value is -1.76. The van der Waals surface area contributed by atoms with Gasteiger partial charge in [-0.3, -0.25) is 4.79 Å². The molecule has 4 aliphatic carbocycles. The van der Waals surface area contributed by atoms with Gasteiger partial charge < -0.3 is 9.94 Å². The highest BCUT2D eigenvalue weighted by Gasteiger charge is 2.65. The molecule has 1 N–H and O–H groups in total. The normalized spacial score (nSPS) is 44.5. The van der Waals surface area contributed by atoms with Gasteiger partial charge in [-0.2, -0.15) is 0 Å². The number of fused-ring (bicyclic) bond motifs is 5. The molecule has 0 aliphatic heterocycles. The molecule has 0 spiro atoms. The maximum absolute atomic E-state index is 11.9. The van der Waals surface area contributed by atoms with E-state index in [0.717, 1.165) is 63.5 Å². The van der Waals surface area contributed by atoms with Gasteiger partial charge in [-0.05, 0) is 75.0 Å². The van der Waals surface area contributed by atoms with Crippen LogP contribution >= 0.6 is 0 Å². The number of hydrogen-bond donors (Lipinski definition) is 1. The lowest BCUT2D eigenvalue weighted by Gasteiger charge is -2.55. The van der Waals surface area contributed by atoms with E-state index in [-0.39, 0.29) is 11.4 Å². The van der Waals surface area contributed by atoms with E-state index in [0.29, 0.717) is 23.7 Å². The van der Waals surface area contributed by atoms with Crippen LogP contribution < -0.4 is 0 Å². The number of carbonyl (C=O) groups excluding carboxylic acids is 1. The fourth-order valence-corrected chi connectivity index (χ4v) is 7.39. The van der Waals surface area contributed by atoms with Gasteiger partial charge in [-0.1, -0.05) is 29.6 Å². The smallest absolute Gasteiger partial charge is 0.304 e. The van der Waals surface area contributed by atoms with Gasteiger partial charge in [-0.15, -0.1) is 6.42 Å². The van der Waals surface area contributed by atoms with Crippen molar-refractivity contribution in [2.24, 2.45) is 34.2 Å². The summed E-state index contributed by atoms with van der Waals surface area (Å²) in [6.07, 6.45) is 17.4. The van der Waals surface area contributed by atoms with Crippen molar-refractivity contribution in [3.05, 3.63) is 11.6 Å². The third-order valence-corrected chi connectivity index (χ3v) is 8.43. The quantitative estimate of drug-likeness (QED) is 0.252. The van der Waals surface area contributed by atoms with Gasteiger partial charge in [0.05, 0.1) is 5.71 Å². The minimum Gasteiger partial charge on any atom is -0.445 e. The average molecular weight is 370 g/mol. The molecule has 0 saturated heterocycles. The standard InChI is InChI=1S/C23H31NO3/c1-4-22-12-10-19-18-9-7-17(24-26)14-16(18)6-8-20(19)21(22)11-13-23(22,5-2)27-15(3)25/h2,6,18-21,26H,4,7-14H2,1,3H3/b24-17+/t18-,19+,20+,21-,22-,23-/m0/s1. The first kappa shape index (κ1) is 18.6. The Bertz CT molecular complexity index is 732. The molecule has 0 unspecified atom stereocenters. The van der Waals surface area contributed by atoms with E-state index < -0.39 is 5.60 Å². The van der Waals surface area contributed by atoms with Crippen molar-refractivity contribution in [1.29, 1.82) is 0 Å². The number of hydrogen-bond acceptors (Lipinski definition) is 4. The molecular weight excluding hydrogens is 338 g/mol. The minimum atomic E-state index is -0.726. The van der Waals surface area contributed by atoms with Crippen molar-refractivity contribution in [2.75, 3.05) is 0 Å². The van der Waals surface area contributed by atoms with Crippen LogP contribution in [0.3, 0.4) is 0 Å². The van der Waals surface area contributed by atoms with E-state index in [1.807, 2.05) is 0 Å². The molecule has 6 atom stereocenters. The lowest BCUT2D eigenvalue weighted by atomic mass is 9.50. The number of nitrogens with zero attached hydrogens (tertiary/aromatic N) is 1. The van der Waals surface area contributed by atoms with Crippen molar-refractivity contribution in [2.45, 2.75) is 77.2 Å². The van der Waals surface area contributed by atoms with Crippen LogP contribution in [0.4, 0.5) is 0 Å². The molecule has 27 heavy (non-hydrogen) atoms. The molecule has 146 valence electrons. The summed E-state index contributed by atoms with van der Waals surface area (Å²) < 4.78 is 5.89. The van der Waals surface area contributed by atoms with Gasteiger partial charge in [0.25, 0.3) is 0 Å². The number of oxime groups is 1. The van der Waals surface area contributed by atoms with E-state index in [2.05, 4.69) is 24.1 Å². The van der Waals surface area contributed by atoms with Crippen LogP contribution in [0.15, 0.2) is 16.8 Å². The van der Waals surface area contributed by atoms with E-state index >= 15 is 0 Å². The number of ether oxygens (including phenoxy) is 1. The van der Waals surface area contributed by atoms with E-state index in [1.54, 1.807) is 0 Å². The Labute approximate surface area is 162 Å². The molecule has 3 saturated carbocycles. The average Bonchev–Trinajstić information content (AvgIpc) is 3.01. The zero-order valence-electron chi connectivity index (χ0n) is 16.5. The zero-order valence-corrected chi connectivity index (χ0v) is 16.5. The number of allylic oxidation sites excluding steroid dienone is 2. The van der Waals surface area contributed by atoms with Crippen LogP contribution in [-0.4, -0.2) is 22.5 Å². The predicted octanol–water partition coefficient (Wildman–Crippen LogP) is 4.71. The molecule has 0 aromatic heterocycles. The second-order valence-electron chi connectivity index (χ2n) is 9.09. The molecule has 4 nitrogen and oxygen atoms in total. The van der Waals surface area contributed by atoms with Crippen LogP contribution in [0.1, 0.15) is 71.6 Å². The molecule has 4 rings (SSSR count). The number of terminal acetylenes is 1. The molecule has 3 fully saturated rings. The number of esters is 1. The summed E-state index contributed by atoms with van der Waals surface area (Å²) in [6, 6.07) is 0. The molecular formula is C23H31NO3. The summed E-state index contributed by atoms with van der Waals surface area (Å²) in [7, 11) is 0. The zero-order chi connectivity index (χ0) is 19.2. The van der Waals surface area contributed by atoms with Crippen LogP contribution in [0.5, 0.6) is 0 Å². The Kier molecular flexibility index (Phi) is 4.61. The van der Waals surface area contributed by atoms with Gasteiger partial charge in [0.2, 0.25) is 0 Å². The molecule has 0 radical (unpaired) electrons. The SMILES string of the molecule is C#C[C@]1(OC(C)=O)CC[C@H]2[C@@H]3CC=C4C/C(=N/O)CC[C@@H]4[C@H]3CC[C@@]21CC. The first-order valence-electron chi connectivity index (χ1n) is 10.6. The highest BCUT2D eigenvalue weighted by atomic mass is 16.6. The lowest BCUT2D eigenvalue weighted by molar-refractivity contribution is -0.170. The van der Waals surface area contributed by atoms with Crippen molar-refractivity contribution in [3.63, 3.8) is 0 Å². The molecule has 0 bridgehead atoms. The summed E-state index contributed by atoms with van der Waals surface area (Å²) in [5, 5.41) is 12.6. The summed E-state index contributed by atoms with van der Waals surface area (Å²) in [5.74, 6) is 5.19. The van der Waals surface area contributed by atoms with Gasteiger partial charge >= 0.3 is 5.97 Å². The van der Waals surface area contributed by atoms with E-state index in [4.69, 9.17) is 16.4 Å². The Morgan fingerprint density at radius 1 is 1.37 bits per heavy atom. The Morgan fingerprint density at radius 3 is 2.85 bits per heavy atom. The third-order valence-electron chi connectivity index (χ3n) is 8.43. The second kappa shape index (κ2) is 6.69. The van der Waals surface area contributed by atoms with Crippen molar-refractivity contribution in [3.8, 4) is 12.3 Å². The third kappa shape index (κ3) is 2.57. The van der Waals surface area contributed by atoms with Gasteiger partial charge in [-0.25, -0.2) is 0 Å². The molecule has 4 heteroatoms. The minimum absolute atomic E-state index is 0.0771. The monoisotopic (exact) mass is 369 g/mol. The number of rotatable bonds is 2. The fraction of sp³-hybridized carbons (Fsp3) is 0.739. The van der Waals surface area contributed by atoms with Crippen molar-refractivity contribution >= 4 is 11.7 Å². The second-order valence-corrected chi connectivity index (χ2v) is 9.09. The summed E-state index contributed by atoms with van der Waals surface area (Å²) in [5.41, 5.74) is 1.61. The fourth-order valence-electron chi connectivity index (χ4n) is 7.39. The summed E-state index contributed by atoms with van der Waals surface area (Å²) >= 11 is 0. The maximum Gasteiger partial charge on any atom is 0.304 e. The van der Waals surface area contributed by atoms with Gasteiger partial charge in [0, 0.05) is 18.8 Å². The van der Waals surface area contributed by atoms with Crippen molar-refractivity contribution < 1.29 is 14.7 Å². The van der Waals surface area contributed by atoms with Gasteiger partial charge in [0.15, 0.2) is 5.60 Å². The predicted molar refractivity (Wildman–Crippen MR) is 104 cm³/mol. The van der Waals surface area contributed by atoms with Crippen LogP contribution in [0.25, 0.3) is 0 Å². The van der Waals surface area contributed by atoms with Gasteiger partial charge in [0.1, 0.15) is 0 Å². The summed E-state index contributed by atoms with van der Waals surface area (Å²) in [4.78, 5) is 11.9. The highest BCUT2D eigenvalue weighted by molar-refractivity contribution is 5.87. The molecule has 0 aromatic rings. The highest BCUT2D eigenvalue weighted by Crippen LogP contribution is 2.66. The topological polar surface area (TPSA) is 58.9 Å². The number of carbonyl (C=O) groups is 1. The maximum atomic E-state index is 11.9. The molecule has 0 aromatic carbocycles. The van der Waals surface area contributed by atoms with E-state index in [1.165, 1.54) is 12.5 Å². The lowest BCUT2D eigenvalue weighted by Crippen LogP contribution is -2.54. The summed E-state index contributed by atoms with van der Waals surface area (Å²) in [6.45, 7) is 3.71. The first-order valence-corrected chi connectivity index (χ1v) is 10.6. The molecule has 0 amide bonds. The van der Waals surface area contributed by atoms with E-state index in [9.17, 15) is 4.79 Å². The Morgan fingerprint density at radius 2 is 2.19 bits per heavy atom. The first-order chi connectivity index (χ1) is 13.0. The molecule has 4 aliphatic rings.